The summed E-state index contributed by atoms with van der Waals surface area (Å²) in [5.74, 6) is -1.65. The van der Waals surface area contributed by atoms with Crippen molar-refractivity contribution in [1.29, 1.82) is 0 Å². The summed E-state index contributed by atoms with van der Waals surface area (Å²) in [6.07, 6.45) is -1.67. The van der Waals surface area contributed by atoms with Gasteiger partial charge >= 0.3 is 6.18 Å². The Hall–Kier alpha value is -1.59. The zero-order valence-electron chi connectivity index (χ0n) is 9.57. The van der Waals surface area contributed by atoms with Gasteiger partial charge in [-0.1, -0.05) is 6.07 Å². The average Bonchev–Trinajstić information content (AvgIpc) is 3.07. The molecule has 0 bridgehead atoms. The lowest BCUT2D eigenvalue weighted by molar-refractivity contribution is -0.194. The van der Waals surface area contributed by atoms with Gasteiger partial charge in [0.1, 0.15) is 0 Å². The molecule has 1 aromatic heterocycles. The fraction of sp³-hybridized carbons (Fsp3) is 0.500. The SMILES string of the molecule is NC(=O)CC(c1cccnc1)C1(C(F)(F)F)CC1. The monoisotopic (exact) mass is 258 g/mol. The molecule has 98 valence electrons. The molecule has 3 nitrogen and oxygen atoms in total. The van der Waals surface area contributed by atoms with E-state index >= 15 is 0 Å². The molecular formula is C12H13F3N2O. The van der Waals surface area contributed by atoms with E-state index in [0.29, 0.717) is 5.56 Å². The summed E-state index contributed by atoms with van der Waals surface area (Å²) in [6, 6.07) is 3.13. The van der Waals surface area contributed by atoms with Crippen LogP contribution >= 0.6 is 0 Å². The van der Waals surface area contributed by atoms with Crippen LogP contribution in [0.3, 0.4) is 0 Å². The third-order valence-corrected chi connectivity index (χ3v) is 3.51. The maximum Gasteiger partial charge on any atom is 0.395 e. The first-order chi connectivity index (χ1) is 8.37. The molecule has 1 atom stereocenters. The third kappa shape index (κ3) is 2.19. The lowest BCUT2D eigenvalue weighted by Gasteiger charge is -2.28. The molecule has 2 rings (SSSR count). The number of alkyl halides is 3. The number of aromatic nitrogens is 1. The van der Waals surface area contributed by atoms with Crippen molar-refractivity contribution in [1.82, 2.24) is 4.98 Å². The Kier molecular flexibility index (Phi) is 3.04. The number of primary amides is 1. The molecule has 1 unspecified atom stereocenters. The van der Waals surface area contributed by atoms with Crippen molar-refractivity contribution < 1.29 is 18.0 Å². The quantitative estimate of drug-likeness (QED) is 0.901. The number of carbonyl (C=O) groups is 1. The number of nitrogens with zero attached hydrogens (tertiary/aromatic N) is 1. The molecule has 0 aromatic carbocycles. The van der Waals surface area contributed by atoms with Gasteiger partial charge < -0.3 is 5.73 Å². The minimum absolute atomic E-state index is 0.0450. The van der Waals surface area contributed by atoms with Crippen molar-refractivity contribution in [3.63, 3.8) is 0 Å². The summed E-state index contributed by atoms with van der Waals surface area (Å²) in [5.41, 5.74) is 3.69. The van der Waals surface area contributed by atoms with E-state index in [9.17, 15) is 18.0 Å². The van der Waals surface area contributed by atoms with Gasteiger partial charge in [0.15, 0.2) is 0 Å². The highest BCUT2D eigenvalue weighted by Gasteiger charge is 2.67. The van der Waals surface area contributed by atoms with E-state index in [1.807, 2.05) is 0 Å². The molecule has 1 aromatic rings. The molecule has 0 spiro atoms. The normalized spacial score (nSPS) is 19.3. The maximum absolute atomic E-state index is 13.1. The first-order valence-electron chi connectivity index (χ1n) is 5.62. The van der Waals surface area contributed by atoms with E-state index in [4.69, 9.17) is 5.73 Å². The number of nitrogens with two attached hydrogens (primary N) is 1. The van der Waals surface area contributed by atoms with Gasteiger partial charge in [0.25, 0.3) is 0 Å². The van der Waals surface area contributed by atoms with Crippen LogP contribution in [0.5, 0.6) is 0 Å². The van der Waals surface area contributed by atoms with Gasteiger partial charge in [-0.3, -0.25) is 9.78 Å². The molecule has 0 radical (unpaired) electrons. The predicted molar refractivity (Wildman–Crippen MR) is 58.5 cm³/mol. The molecule has 0 aliphatic heterocycles. The fourth-order valence-corrected chi connectivity index (χ4v) is 2.38. The largest absolute Gasteiger partial charge is 0.395 e. The number of halogens is 3. The molecule has 1 amide bonds. The lowest BCUT2D eigenvalue weighted by atomic mass is 9.80. The smallest absolute Gasteiger partial charge is 0.370 e. The van der Waals surface area contributed by atoms with E-state index in [2.05, 4.69) is 4.98 Å². The fourth-order valence-electron chi connectivity index (χ4n) is 2.38. The highest BCUT2D eigenvalue weighted by Crippen LogP contribution is 2.65. The molecule has 0 saturated heterocycles. The van der Waals surface area contributed by atoms with Crippen molar-refractivity contribution in [3.8, 4) is 0 Å². The highest BCUT2D eigenvalue weighted by atomic mass is 19.4. The Morgan fingerprint density at radius 2 is 2.17 bits per heavy atom. The number of pyridine rings is 1. The van der Waals surface area contributed by atoms with Gasteiger partial charge in [-0.15, -0.1) is 0 Å². The van der Waals surface area contributed by atoms with E-state index < -0.39 is 23.4 Å². The van der Waals surface area contributed by atoms with Crippen LogP contribution in [-0.2, 0) is 4.79 Å². The zero-order valence-corrected chi connectivity index (χ0v) is 9.57. The van der Waals surface area contributed by atoms with E-state index in [-0.39, 0.29) is 19.3 Å². The van der Waals surface area contributed by atoms with E-state index in [0.717, 1.165) is 0 Å². The maximum atomic E-state index is 13.1. The summed E-state index contributed by atoms with van der Waals surface area (Å²) in [7, 11) is 0. The molecule has 6 heteroatoms. The molecule has 1 heterocycles. The second-order valence-electron chi connectivity index (χ2n) is 4.66. The Labute approximate surface area is 102 Å². The van der Waals surface area contributed by atoms with Crippen LogP contribution in [0.25, 0.3) is 0 Å². The Morgan fingerprint density at radius 1 is 1.50 bits per heavy atom. The highest BCUT2D eigenvalue weighted by molar-refractivity contribution is 5.75. The van der Waals surface area contributed by atoms with E-state index in [1.54, 1.807) is 12.1 Å². The van der Waals surface area contributed by atoms with Crippen LogP contribution in [0, 0.1) is 5.41 Å². The van der Waals surface area contributed by atoms with Crippen LogP contribution in [0.2, 0.25) is 0 Å². The Bertz CT molecular complexity index is 440. The molecule has 1 saturated carbocycles. The molecule has 1 aliphatic carbocycles. The lowest BCUT2D eigenvalue weighted by Crippen LogP contribution is -2.33. The zero-order chi connectivity index (χ0) is 13.4. The van der Waals surface area contributed by atoms with Crippen molar-refractivity contribution in [3.05, 3.63) is 30.1 Å². The van der Waals surface area contributed by atoms with Crippen LogP contribution in [-0.4, -0.2) is 17.1 Å². The first kappa shape index (κ1) is 12.9. The minimum atomic E-state index is -4.32. The Balaban J connectivity index is 2.36. The summed E-state index contributed by atoms with van der Waals surface area (Å²) in [4.78, 5) is 14.8. The molecule has 1 aliphatic rings. The minimum Gasteiger partial charge on any atom is -0.370 e. The number of rotatable bonds is 4. The third-order valence-electron chi connectivity index (χ3n) is 3.51. The van der Waals surface area contributed by atoms with Crippen LogP contribution in [0.1, 0.15) is 30.7 Å². The molecule has 18 heavy (non-hydrogen) atoms. The van der Waals surface area contributed by atoms with Gasteiger partial charge in [-0.05, 0) is 24.5 Å². The second-order valence-corrected chi connectivity index (χ2v) is 4.66. The summed E-state index contributed by atoms with van der Waals surface area (Å²) < 4.78 is 39.3. The predicted octanol–water partition coefficient (Wildman–Crippen LogP) is 2.38. The first-order valence-corrected chi connectivity index (χ1v) is 5.62. The number of hydrogen-bond donors (Lipinski definition) is 1. The summed E-state index contributed by atoms with van der Waals surface area (Å²) in [5, 5.41) is 0. The average molecular weight is 258 g/mol. The van der Waals surface area contributed by atoms with Crippen LogP contribution in [0.15, 0.2) is 24.5 Å². The van der Waals surface area contributed by atoms with Gasteiger partial charge in [-0.25, -0.2) is 0 Å². The molecule has 1 fully saturated rings. The number of carbonyl (C=O) groups excluding carboxylic acids is 1. The van der Waals surface area contributed by atoms with Crippen molar-refractivity contribution in [2.45, 2.75) is 31.4 Å². The Morgan fingerprint density at radius 3 is 2.56 bits per heavy atom. The van der Waals surface area contributed by atoms with Crippen molar-refractivity contribution in [2.75, 3.05) is 0 Å². The van der Waals surface area contributed by atoms with Crippen molar-refractivity contribution in [2.24, 2.45) is 11.1 Å². The van der Waals surface area contributed by atoms with Crippen LogP contribution in [0.4, 0.5) is 13.2 Å². The molecular weight excluding hydrogens is 245 g/mol. The number of amides is 1. The topological polar surface area (TPSA) is 56.0 Å². The van der Waals surface area contributed by atoms with Crippen LogP contribution < -0.4 is 5.73 Å². The number of hydrogen-bond acceptors (Lipinski definition) is 2. The summed E-state index contributed by atoms with van der Waals surface area (Å²) in [6.45, 7) is 0. The van der Waals surface area contributed by atoms with Gasteiger partial charge in [0, 0.05) is 24.7 Å². The summed E-state index contributed by atoms with van der Waals surface area (Å²) >= 11 is 0. The van der Waals surface area contributed by atoms with Gasteiger partial charge in [0.2, 0.25) is 5.91 Å². The van der Waals surface area contributed by atoms with Gasteiger partial charge in [-0.2, -0.15) is 13.2 Å². The van der Waals surface area contributed by atoms with E-state index in [1.165, 1.54) is 12.4 Å². The molecule has 2 N–H and O–H groups in total. The van der Waals surface area contributed by atoms with Crippen molar-refractivity contribution >= 4 is 5.91 Å². The standard InChI is InChI=1S/C12H13F3N2O/c13-12(14,15)11(3-4-11)9(6-10(16)18)8-2-1-5-17-7-8/h1-2,5,7,9H,3-4,6H2,(H2,16,18). The van der Waals surface area contributed by atoms with Gasteiger partial charge in [0.05, 0.1) is 5.41 Å². The second kappa shape index (κ2) is 4.26.